The maximum atomic E-state index is 5.88. The first kappa shape index (κ1) is 10.6. The van der Waals surface area contributed by atoms with Crippen molar-refractivity contribution in [1.29, 1.82) is 0 Å². The molecule has 0 unspecified atom stereocenters. The third-order valence-electron chi connectivity index (χ3n) is 2.04. The molecule has 1 aromatic rings. The first-order valence-corrected chi connectivity index (χ1v) is 5.09. The average molecular weight is 190 g/mol. The third-order valence-corrected chi connectivity index (χ3v) is 2.04. The maximum absolute atomic E-state index is 5.88. The van der Waals surface area contributed by atoms with Crippen LogP contribution in [0.3, 0.4) is 0 Å². The molecule has 0 heterocycles. The minimum absolute atomic E-state index is 0.793. The van der Waals surface area contributed by atoms with Gasteiger partial charge in [-0.15, -0.1) is 0 Å². The molecule has 0 atom stereocenters. The van der Waals surface area contributed by atoms with Crippen LogP contribution in [0.1, 0.15) is 25.3 Å². The van der Waals surface area contributed by atoms with Crippen molar-refractivity contribution in [2.24, 2.45) is 5.73 Å². The third kappa shape index (κ3) is 3.52. The average Bonchev–Trinajstić information content (AvgIpc) is 2.25. The van der Waals surface area contributed by atoms with Crippen LogP contribution < -0.4 is 11.1 Å². The lowest BCUT2D eigenvalue weighted by Crippen LogP contribution is -2.10. The number of rotatable bonds is 5. The van der Waals surface area contributed by atoms with Crippen molar-refractivity contribution in [3.63, 3.8) is 0 Å². The summed E-state index contributed by atoms with van der Waals surface area (Å²) in [6.45, 7) is 3.16. The van der Waals surface area contributed by atoms with Gasteiger partial charge in [-0.3, -0.25) is 0 Å². The highest BCUT2D eigenvalue weighted by atomic mass is 14.8. The fourth-order valence-corrected chi connectivity index (χ4v) is 1.17. The smallest absolute Gasteiger partial charge is 0.0547 e. The highest BCUT2D eigenvalue weighted by molar-refractivity contribution is 5.61. The van der Waals surface area contributed by atoms with E-state index in [0.29, 0.717) is 0 Å². The molecule has 0 aliphatic rings. The summed E-state index contributed by atoms with van der Waals surface area (Å²) in [5.41, 5.74) is 7.74. The lowest BCUT2D eigenvalue weighted by molar-refractivity contribution is 0.735. The molecule has 0 bridgehead atoms. The summed E-state index contributed by atoms with van der Waals surface area (Å²) in [7, 11) is 0. The van der Waals surface area contributed by atoms with Gasteiger partial charge < -0.3 is 11.1 Å². The summed E-state index contributed by atoms with van der Waals surface area (Å²) in [5, 5.41) is 3.20. The highest BCUT2D eigenvalue weighted by Gasteiger charge is 1.92. The summed E-state index contributed by atoms with van der Waals surface area (Å²) in [6.07, 6.45) is 4.26. The second kappa shape index (κ2) is 6.08. The van der Waals surface area contributed by atoms with E-state index < -0.39 is 0 Å². The SMILES string of the molecule is CCCCN/C=C(\N)c1ccccc1. The molecule has 0 aliphatic heterocycles. The fourth-order valence-electron chi connectivity index (χ4n) is 1.17. The highest BCUT2D eigenvalue weighted by Crippen LogP contribution is 2.05. The van der Waals surface area contributed by atoms with Crippen molar-refractivity contribution < 1.29 is 0 Å². The number of benzene rings is 1. The van der Waals surface area contributed by atoms with Gasteiger partial charge in [-0.05, 0) is 12.0 Å². The number of hydrogen-bond acceptors (Lipinski definition) is 2. The van der Waals surface area contributed by atoms with E-state index in [-0.39, 0.29) is 0 Å². The van der Waals surface area contributed by atoms with Crippen molar-refractivity contribution in [2.45, 2.75) is 19.8 Å². The van der Waals surface area contributed by atoms with Gasteiger partial charge in [0.15, 0.2) is 0 Å². The van der Waals surface area contributed by atoms with Crippen LogP contribution in [0.4, 0.5) is 0 Å². The fraction of sp³-hybridized carbons (Fsp3) is 0.333. The van der Waals surface area contributed by atoms with Gasteiger partial charge >= 0.3 is 0 Å². The van der Waals surface area contributed by atoms with E-state index in [1.807, 2.05) is 36.5 Å². The molecule has 1 aromatic carbocycles. The molecule has 0 radical (unpaired) electrons. The molecule has 3 N–H and O–H groups in total. The largest absolute Gasteiger partial charge is 0.397 e. The first-order valence-electron chi connectivity index (χ1n) is 5.09. The van der Waals surface area contributed by atoms with Gasteiger partial charge in [-0.2, -0.15) is 0 Å². The predicted octanol–water partition coefficient (Wildman–Crippen LogP) is 2.33. The molecule has 0 saturated heterocycles. The van der Waals surface area contributed by atoms with Crippen LogP contribution in [0.25, 0.3) is 5.70 Å². The summed E-state index contributed by atoms with van der Waals surface area (Å²) in [6, 6.07) is 9.98. The zero-order chi connectivity index (χ0) is 10.2. The minimum Gasteiger partial charge on any atom is -0.397 e. The molecule has 0 saturated carbocycles. The predicted molar refractivity (Wildman–Crippen MR) is 61.5 cm³/mol. The van der Waals surface area contributed by atoms with Gasteiger partial charge in [-0.1, -0.05) is 43.7 Å². The van der Waals surface area contributed by atoms with Gasteiger partial charge in [-0.25, -0.2) is 0 Å². The Morgan fingerprint density at radius 3 is 2.71 bits per heavy atom. The maximum Gasteiger partial charge on any atom is 0.0547 e. The van der Waals surface area contributed by atoms with Gasteiger partial charge in [0.1, 0.15) is 0 Å². The van der Waals surface area contributed by atoms with Crippen LogP contribution in [0.5, 0.6) is 0 Å². The molecule has 2 heteroatoms. The minimum atomic E-state index is 0.793. The van der Waals surface area contributed by atoms with E-state index >= 15 is 0 Å². The molecule has 76 valence electrons. The van der Waals surface area contributed by atoms with Crippen molar-refractivity contribution in [1.82, 2.24) is 5.32 Å². The normalized spacial score (nSPS) is 11.4. The Morgan fingerprint density at radius 1 is 1.36 bits per heavy atom. The van der Waals surface area contributed by atoms with Crippen molar-refractivity contribution in [3.8, 4) is 0 Å². The van der Waals surface area contributed by atoms with Crippen LogP contribution >= 0.6 is 0 Å². The molecule has 0 aromatic heterocycles. The molecular formula is C12H18N2. The number of nitrogens with one attached hydrogen (secondary N) is 1. The topological polar surface area (TPSA) is 38.0 Å². The molecule has 0 aliphatic carbocycles. The van der Waals surface area contributed by atoms with E-state index in [9.17, 15) is 0 Å². The van der Waals surface area contributed by atoms with E-state index in [2.05, 4.69) is 12.2 Å². The number of hydrogen-bond donors (Lipinski definition) is 2. The Morgan fingerprint density at radius 2 is 2.07 bits per heavy atom. The standard InChI is InChI=1S/C12H18N2/c1-2-3-9-14-10-12(13)11-7-5-4-6-8-11/h4-8,10,14H,2-3,9,13H2,1H3/b12-10-. The summed E-state index contributed by atoms with van der Waals surface area (Å²) < 4.78 is 0. The van der Waals surface area contributed by atoms with Crippen LogP contribution in [0.2, 0.25) is 0 Å². The zero-order valence-electron chi connectivity index (χ0n) is 8.66. The number of unbranched alkanes of at least 4 members (excludes halogenated alkanes) is 1. The molecule has 14 heavy (non-hydrogen) atoms. The van der Waals surface area contributed by atoms with Gasteiger partial charge in [0, 0.05) is 12.7 Å². The van der Waals surface area contributed by atoms with Crippen LogP contribution in [0.15, 0.2) is 36.5 Å². The number of nitrogens with two attached hydrogens (primary N) is 1. The first-order chi connectivity index (χ1) is 6.84. The van der Waals surface area contributed by atoms with Crippen LogP contribution in [0, 0.1) is 0 Å². The quantitative estimate of drug-likeness (QED) is 0.699. The molecule has 0 amide bonds. The van der Waals surface area contributed by atoms with E-state index in [0.717, 1.165) is 17.8 Å². The lowest BCUT2D eigenvalue weighted by atomic mass is 10.2. The Bertz CT molecular complexity index is 278. The Balaban J connectivity index is 2.44. The van der Waals surface area contributed by atoms with E-state index in [1.54, 1.807) is 0 Å². The molecular weight excluding hydrogens is 172 g/mol. The molecule has 2 nitrogen and oxygen atoms in total. The van der Waals surface area contributed by atoms with Gasteiger partial charge in [0.25, 0.3) is 0 Å². The molecule has 1 rings (SSSR count). The van der Waals surface area contributed by atoms with Crippen molar-refractivity contribution >= 4 is 5.70 Å². The molecule has 0 fully saturated rings. The monoisotopic (exact) mass is 190 g/mol. The van der Waals surface area contributed by atoms with E-state index in [4.69, 9.17) is 5.73 Å². The lowest BCUT2D eigenvalue weighted by Gasteiger charge is -2.03. The van der Waals surface area contributed by atoms with E-state index in [1.165, 1.54) is 12.8 Å². The second-order valence-corrected chi connectivity index (χ2v) is 3.27. The van der Waals surface area contributed by atoms with Gasteiger partial charge in [0.2, 0.25) is 0 Å². The van der Waals surface area contributed by atoms with Crippen molar-refractivity contribution in [2.75, 3.05) is 6.54 Å². The van der Waals surface area contributed by atoms with Crippen molar-refractivity contribution in [3.05, 3.63) is 42.1 Å². The Labute approximate surface area is 85.8 Å². The zero-order valence-corrected chi connectivity index (χ0v) is 8.66. The molecule has 0 spiro atoms. The summed E-state index contributed by atoms with van der Waals surface area (Å²) in [4.78, 5) is 0. The second-order valence-electron chi connectivity index (χ2n) is 3.27. The summed E-state index contributed by atoms with van der Waals surface area (Å²) >= 11 is 0. The van der Waals surface area contributed by atoms with Crippen LogP contribution in [-0.2, 0) is 0 Å². The van der Waals surface area contributed by atoms with Gasteiger partial charge in [0.05, 0.1) is 5.70 Å². The van der Waals surface area contributed by atoms with Crippen LogP contribution in [-0.4, -0.2) is 6.54 Å². The Kier molecular flexibility index (Phi) is 4.62. The Hall–Kier alpha value is -1.44. The summed E-state index contributed by atoms with van der Waals surface area (Å²) in [5.74, 6) is 0.